The molecule has 2 rings (SSSR count). The van der Waals surface area contributed by atoms with Gasteiger partial charge in [-0.15, -0.1) is 0 Å². The maximum Gasteiger partial charge on any atom is 0.415 e. The fourth-order valence-electron chi connectivity index (χ4n) is 3.32. The standard InChI is InChI=1S/C29H32F4N4O3/c1-8-40-28(38)22-12-21(16-34-17-22)26(11-18(2)3)27(37(6)10-9-19(4)29(31,32)33)36-20(5)35-24-13-23(30)14-25(15-24)39-7/h9-17H,4,8H2,1-3,5-7H3,(H,35,36)/b10-9-,27-26-. The van der Waals surface area contributed by atoms with E-state index in [1.54, 1.807) is 32.1 Å². The Morgan fingerprint density at radius 2 is 1.82 bits per heavy atom. The second-order valence-electron chi connectivity index (χ2n) is 8.79. The van der Waals surface area contributed by atoms with E-state index < -0.39 is 23.5 Å². The van der Waals surface area contributed by atoms with Gasteiger partial charge >= 0.3 is 12.1 Å². The maximum atomic E-state index is 14.0. The largest absolute Gasteiger partial charge is 0.497 e. The lowest BCUT2D eigenvalue weighted by molar-refractivity contribution is -0.0878. The van der Waals surface area contributed by atoms with Crippen molar-refractivity contribution in [1.29, 1.82) is 0 Å². The molecule has 2 aromatic rings. The van der Waals surface area contributed by atoms with Gasteiger partial charge in [0.05, 0.1) is 19.3 Å². The third kappa shape index (κ3) is 9.40. The summed E-state index contributed by atoms with van der Waals surface area (Å²) in [4.78, 5) is 22.5. The molecule has 7 nitrogen and oxygen atoms in total. The number of methoxy groups -OCH3 is 1. The van der Waals surface area contributed by atoms with Crippen molar-refractivity contribution < 1.29 is 31.8 Å². The zero-order chi connectivity index (χ0) is 30.0. The van der Waals surface area contributed by atoms with E-state index >= 15 is 0 Å². The number of carbonyl (C=O) groups excluding carboxylic acids is 1. The summed E-state index contributed by atoms with van der Waals surface area (Å²) >= 11 is 0. The minimum Gasteiger partial charge on any atom is -0.497 e. The van der Waals surface area contributed by atoms with Gasteiger partial charge in [-0.2, -0.15) is 13.2 Å². The van der Waals surface area contributed by atoms with Crippen molar-refractivity contribution in [2.24, 2.45) is 4.99 Å². The first-order chi connectivity index (χ1) is 18.7. The van der Waals surface area contributed by atoms with Crippen molar-refractivity contribution in [2.45, 2.75) is 33.9 Å². The summed E-state index contributed by atoms with van der Waals surface area (Å²) in [5.41, 5.74) is 1.21. The van der Waals surface area contributed by atoms with Crippen LogP contribution in [0.4, 0.5) is 23.2 Å². The van der Waals surface area contributed by atoms with Gasteiger partial charge in [0.2, 0.25) is 0 Å². The van der Waals surface area contributed by atoms with Crippen LogP contribution in [-0.2, 0) is 4.74 Å². The highest BCUT2D eigenvalue weighted by Gasteiger charge is 2.30. The molecule has 0 aliphatic carbocycles. The second kappa shape index (κ2) is 14.1. The number of nitrogens with zero attached hydrogens (tertiary/aromatic N) is 3. The van der Waals surface area contributed by atoms with E-state index in [1.165, 1.54) is 49.8 Å². The molecule has 1 N–H and O–H groups in total. The quantitative estimate of drug-likeness (QED) is 0.110. The highest BCUT2D eigenvalue weighted by Crippen LogP contribution is 2.28. The van der Waals surface area contributed by atoms with Crippen molar-refractivity contribution in [3.05, 3.63) is 95.5 Å². The van der Waals surface area contributed by atoms with Gasteiger partial charge in [0.1, 0.15) is 23.2 Å². The number of aromatic nitrogens is 1. The van der Waals surface area contributed by atoms with Crippen LogP contribution < -0.4 is 10.1 Å². The molecule has 0 fully saturated rings. The van der Waals surface area contributed by atoms with E-state index in [9.17, 15) is 22.4 Å². The van der Waals surface area contributed by atoms with Gasteiger partial charge < -0.3 is 19.7 Å². The highest BCUT2D eigenvalue weighted by atomic mass is 19.4. The molecule has 0 saturated heterocycles. The molecule has 0 aliphatic rings. The van der Waals surface area contributed by atoms with E-state index in [1.807, 2.05) is 13.8 Å². The molecule has 1 heterocycles. The number of rotatable bonds is 10. The first-order valence-electron chi connectivity index (χ1n) is 12.1. The van der Waals surface area contributed by atoms with Crippen LogP contribution >= 0.6 is 0 Å². The predicted molar refractivity (Wildman–Crippen MR) is 148 cm³/mol. The topological polar surface area (TPSA) is 76.0 Å². The van der Waals surface area contributed by atoms with E-state index in [0.717, 1.165) is 11.6 Å². The van der Waals surface area contributed by atoms with Crippen LogP contribution in [0.25, 0.3) is 5.57 Å². The number of nitrogens with one attached hydrogen (secondary N) is 1. The van der Waals surface area contributed by atoms with Crippen molar-refractivity contribution in [3.63, 3.8) is 0 Å². The lowest BCUT2D eigenvalue weighted by atomic mass is 10.0. The Bertz CT molecular complexity index is 1360. The third-order valence-electron chi connectivity index (χ3n) is 5.14. The van der Waals surface area contributed by atoms with E-state index in [2.05, 4.69) is 21.9 Å². The number of benzene rings is 1. The van der Waals surface area contributed by atoms with Crippen LogP contribution in [0.3, 0.4) is 0 Å². The molecule has 0 amide bonds. The molecule has 1 aromatic heterocycles. The zero-order valence-electron chi connectivity index (χ0n) is 23.2. The van der Waals surface area contributed by atoms with Crippen molar-refractivity contribution >= 4 is 23.1 Å². The molecular weight excluding hydrogens is 528 g/mol. The molecule has 214 valence electrons. The van der Waals surface area contributed by atoms with Crippen LogP contribution in [0.2, 0.25) is 0 Å². The number of pyridine rings is 1. The second-order valence-corrected chi connectivity index (χ2v) is 8.79. The van der Waals surface area contributed by atoms with Gasteiger partial charge in [0.15, 0.2) is 0 Å². The van der Waals surface area contributed by atoms with E-state index in [-0.39, 0.29) is 29.6 Å². The number of anilines is 1. The minimum absolute atomic E-state index is 0.168. The number of carbonyl (C=O) groups is 1. The Kier molecular flexibility index (Phi) is 11.2. The van der Waals surface area contributed by atoms with Gasteiger partial charge in [-0.1, -0.05) is 18.2 Å². The summed E-state index contributed by atoms with van der Waals surface area (Å²) in [6.07, 6.45) is 1.99. The van der Waals surface area contributed by atoms with Crippen LogP contribution in [0.1, 0.15) is 43.6 Å². The van der Waals surface area contributed by atoms with Gasteiger partial charge in [-0.05, 0) is 45.9 Å². The molecule has 40 heavy (non-hydrogen) atoms. The number of amidine groups is 1. The monoisotopic (exact) mass is 560 g/mol. The Hall–Kier alpha value is -4.41. The zero-order valence-corrected chi connectivity index (χ0v) is 23.2. The molecule has 11 heteroatoms. The average Bonchev–Trinajstić information content (AvgIpc) is 2.88. The summed E-state index contributed by atoms with van der Waals surface area (Å²) in [6.45, 7) is 10.2. The molecule has 0 radical (unpaired) electrons. The molecule has 0 unspecified atom stereocenters. The summed E-state index contributed by atoms with van der Waals surface area (Å²) < 4.78 is 63.5. The van der Waals surface area contributed by atoms with Gasteiger partial charge in [0.25, 0.3) is 0 Å². The Balaban J connectivity index is 2.75. The number of halogens is 4. The molecular formula is C29H32F4N4O3. The summed E-state index contributed by atoms with van der Waals surface area (Å²) in [6, 6.07) is 5.57. The first kappa shape index (κ1) is 31.8. The van der Waals surface area contributed by atoms with Crippen LogP contribution in [-0.4, -0.2) is 48.6 Å². The molecule has 0 spiro atoms. The summed E-state index contributed by atoms with van der Waals surface area (Å²) in [5.74, 6) is -0.353. The molecule has 0 saturated carbocycles. The smallest absolute Gasteiger partial charge is 0.415 e. The molecule has 0 bridgehead atoms. The molecule has 1 aromatic carbocycles. The number of allylic oxidation sites excluding steroid dienone is 5. The van der Waals surface area contributed by atoms with Crippen LogP contribution in [0.15, 0.2) is 83.5 Å². The first-order valence-corrected chi connectivity index (χ1v) is 12.1. The number of aliphatic imine (C=N–C) groups is 1. The van der Waals surface area contributed by atoms with Crippen LogP contribution in [0.5, 0.6) is 5.75 Å². The Labute approximate surface area is 231 Å². The Morgan fingerprint density at radius 3 is 2.42 bits per heavy atom. The van der Waals surface area contributed by atoms with Crippen molar-refractivity contribution in [3.8, 4) is 5.75 Å². The minimum atomic E-state index is -4.61. The SMILES string of the molecule is C=C(/C=C\N(C)C(/N=C(\C)Nc1cc(F)cc(OC)c1)=C(/C=C(C)C)c1cncc(C(=O)OCC)c1)C(F)(F)F. The highest BCUT2D eigenvalue weighted by molar-refractivity contribution is 5.95. The number of ether oxygens (including phenoxy) is 2. The lowest BCUT2D eigenvalue weighted by Gasteiger charge is -2.21. The van der Waals surface area contributed by atoms with Crippen molar-refractivity contribution in [2.75, 3.05) is 26.1 Å². The fraction of sp³-hybridized carbons (Fsp3) is 0.276. The van der Waals surface area contributed by atoms with Gasteiger partial charge in [-0.3, -0.25) is 4.98 Å². The summed E-state index contributed by atoms with van der Waals surface area (Å²) in [5, 5.41) is 2.97. The Morgan fingerprint density at radius 1 is 1.15 bits per heavy atom. The number of hydrogen-bond donors (Lipinski definition) is 1. The number of alkyl halides is 3. The number of esters is 1. The van der Waals surface area contributed by atoms with Gasteiger partial charge in [-0.25, -0.2) is 14.2 Å². The number of hydrogen-bond acceptors (Lipinski definition) is 6. The lowest BCUT2D eigenvalue weighted by Crippen LogP contribution is -2.17. The predicted octanol–water partition coefficient (Wildman–Crippen LogP) is 7.14. The third-order valence-corrected chi connectivity index (χ3v) is 5.14. The van der Waals surface area contributed by atoms with E-state index in [0.29, 0.717) is 16.8 Å². The maximum absolute atomic E-state index is 14.0. The fourth-order valence-corrected chi connectivity index (χ4v) is 3.32. The summed E-state index contributed by atoms with van der Waals surface area (Å²) in [7, 11) is 2.92. The van der Waals surface area contributed by atoms with Crippen molar-refractivity contribution in [1.82, 2.24) is 9.88 Å². The van der Waals surface area contributed by atoms with Crippen LogP contribution in [0, 0.1) is 5.82 Å². The molecule has 0 aliphatic heterocycles. The van der Waals surface area contributed by atoms with E-state index in [4.69, 9.17) is 9.47 Å². The average molecular weight is 561 g/mol. The normalized spacial score (nSPS) is 12.5. The molecule has 0 atom stereocenters. The van der Waals surface area contributed by atoms with Gasteiger partial charge in [0, 0.05) is 60.2 Å².